The Bertz CT molecular complexity index is 647. The molecule has 0 spiro atoms. The van der Waals surface area contributed by atoms with E-state index in [1.807, 2.05) is 18.3 Å². The first kappa shape index (κ1) is 10.2. The molecule has 0 atom stereocenters. The van der Waals surface area contributed by atoms with Gasteiger partial charge in [0.1, 0.15) is 5.58 Å². The normalized spacial score (nSPS) is 11.2. The first-order valence-electron chi connectivity index (χ1n) is 5.95. The lowest BCUT2D eigenvalue weighted by Crippen LogP contribution is -1.82. The fraction of sp³-hybridized carbons (Fsp3) is 0.200. The van der Waals surface area contributed by atoms with E-state index in [0.717, 1.165) is 23.5 Å². The molecule has 2 nitrogen and oxygen atoms in total. The number of benzene rings is 1. The fourth-order valence-corrected chi connectivity index (χ4v) is 2.21. The van der Waals surface area contributed by atoms with Gasteiger partial charge in [0.05, 0.1) is 5.69 Å². The van der Waals surface area contributed by atoms with Crippen molar-refractivity contribution < 1.29 is 4.42 Å². The first-order valence-corrected chi connectivity index (χ1v) is 5.95. The molecule has 2 aromatic heterocycles. The van der Waals surface area contributed by atoms with Crippen LogP contribution < -0.4 is 0 Å². The van der Waals surface area contributed by atoms with Crippen molar-refractivity contribution in [3.63, 3.8) is 0 Å². The molecule has 0 radical (unpaired) electrons. The molecule has 0 unspecified atom stereocenters. The van der Waals surface area contributed by atoms with Gasteiger partial charge in [-0.1, -0.05) is 19.1 Å². The second kappa shape index (κ2) is 3.81. The number of hydrogen-bond acceptors (Lipinski definition) is 1. The number of nitrogens with one attached hydrogen (secondary N) is 1. The molecule has 86 valence electrons. The number of fused-ring (bicyclic) bond motifs is 1. The van der Waals surface area contributed by atoms with E-state index in [-0.39, 0.29) is 0 Å². The van der Waals surface area contributed by atoms with Crippen LogP contribution in [0.4, 0.5) is 0 Å². The first-order chi connectivity index (χ1) is 8.29. The van der Waals surface area contributed by atoms with E-state index in [0.29, 0.717) is 0 Å². The number of aromatic nitrogens is 1. The van der Waals surface area contributed by atoms with Gasteiger partial charge in [0.15, 0.2) is 5.76 Å². The molecule has 17 heavy (non-hydrogen) atoms. The Kier molecular flexibility index (Phi) is 2.29. The van der Waals surface area contributed by atoms with Gasteiger partial charge in [0, 0.05) is 11.6 Å². The fourth-order valence-electron chi connectivity index (χ4n) is 2.21. The molecule has 3 rings (SSSR count). The maximum Gasteiger partial charge on any atom is 0.151 e. The van der Waals surface area contributed by atoms with Gasteiger partial charge in [-0.25, -0.2) is 0 Å². The smallest absolute Gasteiger partial charge is 0.151 e. The van der Waals surface area contributed by atoms with Crippen LogP contribution in [0, 0.1) is 6.92 Å². The van der Waals surface area contributed by atoms with Crippen molar-refractivity contribution in [3.8, 4) is 11.5 Å². The molecule has 0 aliphatic heterocycles. The van der Waals surface area contributed by atoms with Crippen molar-refractivity contribution >= 4 is 11.0 Å². The minimum Gasteiger partial charge on any atom is -0.454 e. The number of furan rings is 1. The molecule has 1 N–H and O–H groups in total. The van der Waals surface area contributed by atoms with E-state index in [1.165, 1.54) is 16.5 Å². The van der Waals surface area contributed by atoms with Gasteiger partial charge >= 0.3 is 0 Å². The highest BCUT2D eigenvalue weighted by atomic mass is 16.3. The number of aromatic amines is 1. The maximum absolute atomic E-state index is 5.98. The van der Waals surface area contributed by atoms with Crippen LogP contribution in [0.3, 0.4) is 0 Å². The van der Waals surface area contributed by atoms with E-state index < -0.39 is 0 Å². The summed E-state index contributed by atoms with van der Waals surface area (Å²) in [5.74, 6) is 0.911. The van der Waals surface area contributed by atoms with E-state index in [2.05, 4.69) is 37.0 Å². The highest BCUT2D eigenvalue weighted by Crippen LogP contribution is 2.31. The van der Waals surface area contributed by atoms with Crippen LogP contribution in [0.5, 0.6) is 0 Å². The molecular formula is C15H15NO. The predicted molar refractivity (Wildman–Crippen MR) is 70.1 cm³/mol. The molecule has 0 aliphatic rings. The highest BCUT2D eigenvalue weighted by molar-refractivity contribution is 5.87. The maximum atomic E-state index is 5.98. The van der Waals surface area contributed by atoms with Crippen LogP contribution >= 0.6 is 0 Å². The lowest BCUT2D eigenvalue weighted by molar-refractivity contribution is 0.624. The van der Waals surface area contributed by atoms with Crippen molar-refractivity contribution in [2.75, 3.05) is 0 Å². The summed E-state index contributed by atoms with van der Waals surface area (Å²) in [6.07, 6.45) is 2.91. The van der Waals surface area contributed by atoms with Gasteiger partial charge in [-0.15, -0.1) is 0 Å². The predicted octanol–water partition coefficient (Wildman–Crippen LogP) is 4.30. The summed E-state index contributed by atoms with van der Waals surface area (Å²) >= 11 is 0. The van der Waals surface area contributed by atoms with E-state index >= 15 is 0 Å². The van der Waals surface area contributed by atoms with Gasteiger partial charge in [-0.2, -0.15) is 0 Å². The Hall–Kier alpha value is -1.96. The van der Waals surface area contributed by atoms with Crippen LogP contribution in [0.2, 0.25) is 0 Å². The van der Waals surface area contributed by atoms with E-state index in [9.17, 15) is 0 Å². The summed E-state index contributed by atoms with van der Waals surface area (Å²) in [5.41, 5.74) is 4.59. The third-order valence-electron chi connectivity index (χ3n) is 3.23. The van der Waals surface area contributed by atoms with Gasteiger partial charge in [-0.05, 0) is 42.7 Å². The highest BCUT2D eigenvalue weighted by Gasteiger charge is 2.11. The largest absolute Gasteiger partial charge is 0.454 e. The average molecular weight is 225 g/mol. The molecule has 0 amide bonds. The number of aryl methyl sites for hydroxylation is 2. The number of rotatable bonds is 2. The molecular weight excluding hydrogens is 210 g/mol. The van der Waals surface area contributed by atoms with Crippen molar-refractivity contribution in [2.24, 2.45) is 0 Å². The van der Waals surface area contributed by atoms with Gasteiger partial charge in [-0.3, -0.25) is 0 Å². The third-order valence-corrected chi connectivity index (χ3v) is 3.23. The molecule has 0 aliphatic carbocycles. The van der Waals surface area contributed by atoms with Gasteiger partial charge in [0.2, 0.25) is 0 Å². The summed E-state index contributed by atoms with van der Waals surface area (Å²) in [6.45, 7) is 4.27. The summed E-state index contributed by atoms with van der Waals surface area (Å²) in [7, 11) is 0. The summed E-state index contributed by atoms with van der Waals surface area (Å²) in [4.78, 5) is 3.18. The average Bonchev–Trinajstić information content (AvgIpc) is 2.98. The quantitative estimate of drug-likeness (QED) is 0.692. The second-order valence-electron chi connectivity index (χ2n) is 4.33. The minimum absolute atomic E-state index is 0.911. The summed E-state index contributed by atoms with van der Waals surface area (Å²) in [6, 6.07) is 10.4. The van der Waals surface area contributed by atoms with Gasteiger partial charge in [0.25, 0.3) is 0 Å². The van der Waals surface area contributed by atoms with Crippen molar-refractivity contribution in [3.05, 3.63) is 47.7 Å². The van der Waals surface area contributed by atoms with Crippen LogP contribution in [0.25, 0.3) is 22.4 Å². The lowest BCUT2D eigenvalue weighted by atomic mass is 10.1. The van der Waals surface area contributed by atoms with Crippen LogP contribution in [-0.2, 0) is 6.42 Å². The number of hydrogen-bond donors (Lipinski definition) is 1. The Balaban J connectivity index is 2.28. The van der Waals surface area contributed by atoms with Crippen molar-refractivity contribution in [2.45, 2.75) is 20.3 Å². The minimum atomic E-state index is 0.911. The second-order valence-corrected chi connectivity index (χ2v) is 4.33. The number of H-pyrrole nitrogens is 1. The van der Waals surface area contributed by atoms with Gasteiger partial charge < -0.3 is 9.40 Å². The molecule has 1 aromatic carbocycles. The molecule has 3 aromatic rings. The molecule has 0 fully saturated rings. The molecule has 2 heterocycles. The third kappa shape index (κ3) is 1.57. The summed E-state index contributed by atoms with van der Waals surface area (Å²) < 4.78 is 5.98. The molecule has 0 saturated carbocycles. The zero-order chi connectivity index (χ0) is 11.8. The Morgan fingerprint density at radius 3 is 2.82 bits per heavy atom. The Labute approximate surface area is 100 Å². The lowest BCUT2D eigenvalue weighted by Gasteiger charge is -1.99. The topological polar surface area (TPSA) is 28.9 Å². The Morgan fingerprint density at radius 2 is 2.12 bits per heavy atom. The zero-order valence-corrected chi connectivity index (χ0v) is 10.1. The SMILES string of the molecule is CCc1ccc(C)c2cc(-c3ccc[nH]3)oc12. The van der Waals surface area contributed by atoms with E-state index in [1.54, 1.807) is 0 Å². The standard InChI is InChI=1S/C15H15NO/c1-3-11-7-6-10(2)12-9-14(17-15(11)12)13-5-4-8-16-13/h4-9,16H,3H2,1-2H3. The van der Waals surface area contributed by atoms with Crippen LogP contribution in [0.15, 0.2) is 40.9 Å². The Morgan fingerprint density at radius 1 is 1.24 bits per heavy atom. The van der Waals surface area contributed by atoms with Crippen LogP contribution in [0.1, 0.15) is 18.1 Å². The molecule has 0 bridgehead atoms. The van der Waals surface area contributed by atoms with Crippen molar-refractivity contribution in [1.82, 2.24) is 4.98 Å². The molecule has 2 heteroatoms. The monoisotopic (exact) mass is 225 g/mol. The van der Waals surface area contributed by atoms with Crippen LogP contribution in [-0.4, -0.2) is 4.98 Å². The zero-order valence-electron chi connectivity index (χ0n) is 10.1. The summed E-state index contributed by atoms with van der Waals surface area (Å²) in [5, 5.41) is 1.22. The van der Waals surface area contributed by atoms with Crippen molar-refractivity contribution in [1.29, 1.82) is 0 Å². The van der Waals surface area contributed by atoms with E-state index in [4.69, 9.17) is 4.42 Å². The molecule has 0 saturated heterocycles.